The van der Waals surface area contributed by atoms with Gasteiger partial charge >= 0.3 is 5.97 Å². The van der Waals surface area contributed by atoms with E-state index in [4.69, 9.17) is 16.3 Å². The number of hydrogen-bond donors (Lipinski definition) is 0. The van der Waals surface area contributed by atoms with Crippen molar-refractivity contribution in [2.24, 2.45) is 0 Å². The number of ether oxygens (including phenoxy) is 1. The van der Waals surface area contributed by atoms with Crippen molar-refractivity contribution in [2.75, 3.05) is 0 Å². The van der Waals surface area contributed by atoms with Crippen LogP contribution in [0.15, 0.2) is 18.3 Å². The van der Waals surface area contributed by atoms with Crippen molar-refractivity contribution in [1.82, 2.24) is 4.98 Å². The number of rotatable bonds is 3. The molecule has 0 amide bonds. The highest BCUT2D eigenvalue weighted by Gasteiger charge is 2.14. The predicted molar refractivity (Wildman–Crippen MR) is 54.3 cm³/mol. The molecule has 14 heavy (non-hydrogen) atoms. The summed E-state index contributed by atoms with van der Waals surface area (Å²) in [5.74, 6) is -0.160. The zero-order chi connectivity index (χ0) is 10.6. The lowest BCUT2D eigenvalue weighted by molar-refractivity contribution is 0.0370. The van der Waals surface area contributed by atoms with Gasteiger partial charge in [-0.1, -0.05) is 6.07 Å². The van der Waals surface area contributed by atoms with Gasteiger partial charge in [-0.15, -0.1) is 11.6 Å². The summed E-state index contributed by atoms with van der Waals surface area (Å²) in [4.78, 5) is 15.4. The molecule has 0 spiro atoms. The highest BCUT2D eigenvalue weighted by atomic mass is 35.5. The van der Waals surface area contributed by atoms with Gasteiger partial charge in [-0.05, 0) is 19.9 Å². The molecule has 0 radical (unpaired) electrons. The van der Waals surface area contributed by atoms with Crippen LogP contribution in [-0.2, 0) is 10.6 Å². The predicted octanol–water partition coefficient (Wildman–Crippen LogP) is 2.39. The number of nitrogens with zero attached hydrogens (tertiary/aromatic N) is 1. The van der Waals surface area contributed by atoms with Crippen LogP contribution in [0.5, 0.6) is 0 Å². The number of pyridine rings is 1. The summed E-state index contributed by atoms with van der Waals surface area (Å²) in [6.07, 6.45) is 1.40. The number of aromatic nitrogens is 1. The fourth-order valence-electron chi connectivity index (χ4n) is 1.00. The van der Waals surface area contributed by atoms with Gasteiger partial charge in [0.1, 0.15) is 0 Å². The molecule has 0 aliphatic heterocycles. The van der Waals surface area contributed by atoms with Gasteiger partial charge in [0.05, 0.1) is 6.10 Å². The standard InChI is InChI=1S/C10H12ClNO2/c1-7(2)14-10(13)9-8(6-11)4-3-5-12-9/h3-5,7H,6H2,1-2H3. The van der Waals surface area contributed by atoms with Crippen LogP contribution in [0.1, 0.15) is 29.9 Å². The first-order valence-electron chi connectivity index (χ1n) is 4.36. The molecule has 76 valence electrons. The van der Waals surface area contributed by atoms with Crippen LogP contribution >= 0.6 is 11.6 Å². The molecule has 0 N–H and O–H groups in total. The maximum Gasteiger partial charge on any atom is 0.357 e. The van der Waals surface area contributed by atoms with Crippen molar-refractivity contribution < 1.29 is 9.53 Å². The Morgan fingerprint density at radius 1 is 1.64 bits per heavy atom. The van der Waals surface area contributed by atoms with Crippen LogP contribution in [0.4, 0.5) is 0 Å². The van der Waals surface area contributed by atoms with Gasteiger partial charge in [0.15, 0.2) is 5.69 Å². The number of carbonyl (C=O) groups excluding carboxylic acids is 1. The average molecular weight is 214 g/mol. The number of esters is 1. The maximum atomic E-state index is 11.5. The van der Waals surface area contributed by atoms with E-state index in [9.17, 15) is 4.79 Å². The summed E-state index contributed by atoms with van der Waals surface area (Å²) in [7, 11) is 0. The smallest absolute Gasteiger partial charge is 0.357 e. The molecular weight excluding hydrogens is 202 g/mol. The zero-order valence-corrected chi connectivity index (χ0v) is 8.91. The molecular formula is C10H12ClNO2. The van der Waals surface area contributed by atoms with E-state index in [0.29, 0.717) is 11.3 Å². The summed E-state index contributed by atoms with van der Waals surface area (Å²) in [6, 6.07) is 3.50. The second kappa shape index (κ2) is 4.96. The minimum absolute atomic E-state index is 0.146. The summed E-state index contributed by atoms with van der Waals surface area (Å²) in [5, 5.41) is 0. The first kappa shape index (κ1) is 11.0. The van der Waals surface area contributed by atoms with E-state index in [0.717, 1.165) is 0 Å². The van der Waals surface area contributed by atoms with Gasteiger partial charge < -0.3 is 4.74 Å². The van der Waals surface area contributed by atoms with Crippen LogP contribution in [-0.4, -0.2) is 17.1 Å². The topological polar surface area (TPSA) is 39.2 Å². The Labute approximate surface area is 88.1 Å². The van der Waals surface area contributed by atoms with Gasteiger partial charge in [-0.25, -0.2) is 9.78 Å². The third-order valence-electron chi connectivity index (χ3n) is 1.57. The number of alkyl halides is 1. The Hall–Kier alpha value is -1.09. The van der Waals surface area contributed by atoms with Crippen molar-refractivity contribution in [3.63, 3.8) is 0 Å². The molecule has 1 aromatic heterocycles. The monoisotopic (exact) mass is 213 g/mol. The molecule has 0 aliphatic carbocycles. The summed E-state index contributed by atoms with van der Waals surface area (Å²) >= 11 is 5.66. The van der Waals surface area contributed by atoms with Crippen molar-refractivity contribution in [1.29, 1.82) is 0 Å². The Morgan fingerprint density at radius 2 is 2.36 bits per heavy atom. The second-order valence-electron chi connectivity index (χ2n) is 3.10. The van der Waals surface area contributed by atoms with Gasteiger partial charge in [0.2, 0.25) is 0 Å². The van der Waals surface area contributed by atoms with E-state index < -0.39 is 5.97 Å². The van der Waals surface area contributed by atoms with Gasteiger partial charge in [-0.3, -0.25) is 0 Å². The molecule has 1 aromatic rings. The lowest BCUT2D eigenvalue weighted by Gasteiger charge is -2.08. The van der Waals surface area contributed by atoms with E-state index in [1.54, 1.807) is 32.2 Å². The fourth-order valence-corrected chi connectivity index (χ4v) is 1.22. The molecule has 0 saturated carbocycles. The van der Waals surface area contributed by atoms with Gasteiger partial charge in [0, 0.05) is 17.6 Å². The van der Waals surface area contributed by atoms with Crippen LogP contribution in [0.25, 0.3) is 0 Å². The van der Waals surface area contributed by atoms with E-state index in [1.807, 2.05) is 0 Å². The Bertz CT molecular complexity index is 326. The molecule has 0 aliphatic rings. The minimum Gasteiger partial charge on any atom is -0.458 e. The molecule has 0 bridgehead atoms. The normalized spacial score (nSPS) is 10.3. The molecule has 0 fully saturated rings. The average Bonchev–Trinajstić information content (AvgIpc) is 2.16. The summed E-state index contributed by atoms with van der Waals surface area (Å²) < 4.78 is 5.02. The van der Waals surface area contributed by atoms with Crippen molar-refractivity contribution in [3.8, 4) is 0 Å². The highest BCUT2D eigenvalue weighted by molar-refractivity contribution is 6.17. The number of halogens is 1. The molecule has 4 heteroatoms. The first-order valence-corrected chi connectivity index (χ1v) is 4.89. The van der Waals surface area contributed by atoms with Crippen LogP contribution in [0.2, 0.25) is 0 Å². The van der Waals surface area contributed by atoms with E-state index >= 15 is 0 Å². The third kappa shape index (κ3) is 2.70. The Morgan fingerprint density at radius 3 is 2.93 bits per heavy atom. The van der Waals surface area contributed by atoms with E-state index in [2.05, 4.69) is 4.98 Å². The molecule has 0 atom stereocenters. The molecule has 0 aromatic carbocycles. The van der Waals surface area contributed by atoms with Crippen LogP contribution < -0.4 is 0 Å². The van der Waals surface area contributed by atoms with Crippen molar-refractivity contribution in [2.45, 2.75) is 25.8 Å². The maximum absolute atomic E-state index is 11.5. The van der Waals surface area contributed by atoms with Crippen molar-refractivity contribution >= 4 is 17.6 Å². The SMILES string of the molecule is CC(C)OC(=O)c1ncccc1CCl. The van der Waals surface area contributed by atoms with E-state index in [1.165, 1.54) is 0 Å². The lowest BCUT2D eigenvalue weighted by atomic mass is 10.2. The number of hydrogen-bond acceptors (Lipinski definition) is 3. The quantitative estimate of drug-likeness (QED) is 0.572. The largest absolute Gasteiger partial charge is 0.458 e. The zero-order valence-electron chi connectivity index (χ0n) is 8.16. The first-order chi connectivity index (χ1) is 6.65. The van der Waals surface area contributed by atoms with Crippen LogP contribution in [0.3, 0.4) is 0 Å². The molecule has 1 heterocycles. The molecule has 3 nitrogen and oxygen atoms in total. The molecule has 1 rings (SSSR count). The fraction of sp³-hybridized carbons (Fsp3) is 0.400. The lowest BCUT2D eigenvalue weighted by Crippen LogP contribution is -2.14. The molecule has 0 saturated heterocycles. The van der Waals surface area contributed by atoms with Crippen molar-refractivity contribution in [3.05, 3.63) is 29.6 Å². The van der Waals surface area contributed by atoms with Gasteiger partial charge in [-0.2, -0.15) is 0 Å². The summed E-state index contributed by atoms with van der Waals surface area (Å²) in [6.45, 7) is 3.59. The highest BCUT2D eigenvalue weighted by Crippen LogP contribution is 2.10. The van der Waals surface area contributed by atoms with E-state index in [-0.39, 0.29) is 12.0 Å². The second-order valence-corrected chi connectivity index (χ2v) is 3.37. The van der Waals surface area contributed by atoms with Gasteiger partial charge in [0.25, 0.3) is 0 Å². The Kier molecular flexibility index (Phi) is 3.89. The number of carbonyl (C=O) groups is 1. The minimum atomic E-state index is -0.420. The third-order valence-corrected chi connectivity index (χ3v) is 1.86. The summed E-state index contributed by atoms with van der Waals surface area (Å²) in [5.41, 5.74) is 0.996. The van der Waals surface area contributed by atoms with Crippen LogP contribution in [0, 0.1) is 0 Å². The Balaban J connectivity index is 2.88. The molecule has 0 unspecified atom stereocenters.